The summed E-state index contributed by atoms with van der Waals surface area (Å²) in [5.74, 6) is 3.15. The highest BCUT2D eigenvalue weighted by Crippen LogP contribution is 2.41. The maximum atomic E-state index is 14.2. The zero-order valence-electron chi connectivity index (χ0n) is 38.5. The summed E-state index contributed by atoms with van der Waals surface area (Å²) in [6.07, 6.45) is -54.8. The van der Waals surface area contributed by atoms with Crippen LogP contribution in [0.4, 0.5) is 105 Å². The van der Waals surface area contributed by atoms with E-state index in [4.69, 9.17) is 0 Å². The highest BCUT2D eigenvalue weighted by Gasteiger charge is 2.47. The molecule has 0 spiro atoms. The Bertz CT molecular complexity index is 2810. The first-order valence-electron chi connectivity index (χ1n) is 21.4. The first kappa shape index (κ1) is 61.9. The molecule has 0 N–H and O–H groups in total. The number of carbonyl (C=O) groups excluding carboxylic acids is 1. The summed E-state index contributed by atoms with van der Waals surface area (Å²) in [6, 6.07) is 9.51. The molecule has 0 aliphatic rings. The van der Waals surface area contributed by atoms with Gasteiger partial charge in [-0.25, -0.2) is 0 Å². The summed E-state index contributed by atoms with van der Waals surface area (Å²) < 4.78 is 354. The summed E-state index contributed by atoms with van der Waals surface area (Å²) in [5, 5.41) is 2.82. The predicted molar refractivity (Wildman–Crippen MR) is 238 cm³/mol. The van der Waals surface area contributed by atoms with Crippen LogP contribution in [0, 0.1) is 11.2 Å². The Morgan fingerprint density at radius 3 is 0.833 bits per heavy atom. The van der Waals surface area contributed by atoms with E-state index in [1.165, 1.54) is 0 Å². The van der Waals surface area contributed by atoms with Crippen molar-refractivity contribution in [3.63, 3.8) is 0 Å². The molecule has 28 heteroatoms. The lowest BCUT2D eigenvalue weighted by molar-refractivity contribution is -0.144. The summed E-state index contributed by atoms with van der Waals surface area (Å²) in [5.41, 5.74) is -28.8. The molecule has 78 heavy (non-hydrogen) atoms. The molecule has 0 saturated heterocycles. The molecular formula is C50H29BF24O2S. The van der Waals surface area contributed by atoms with E-state index in [9.17, 15) is 114 Å². The van der Waals surface area contributed by atoms with Gasteiger partial charge in [-0.2, -0.15) is 127 Å². The van der Waals surface area contributed by atoms with Crippen LogP contribution in [0.2, 0.25) is 0 Å². The highest BCUT2D eigenvalue weighted by molar-refractivity contribution is 8.07. The SMILES string of the molecule is CC[S+](=O)(C#Cc1ccccc1)CC(=O)c1ccccc1.FC(F)(F)c1cc([B-](c2cc(C(F)(F)F)cc(C(F)(F)F)c2)(c2cc(C(F)(F)F)cc(C(F)(F)F)c2)c2cc(C(F)(F)F)cc(C(F)(F)F)c2)cc(C(F)(F)F)c1. The molecule has 0 fully saturated rings. The van der Waals surface area contributed by atoms with Crippen molar-refractivity contribution in [1.29, 1.82) is 0 Å². The Morgan fingerprint density at radius 1 is 0.385 bits per heavy atom. The Hall–Kier alpha value is -6.92. The van der Waals surface area contributed by atoms with Gasteiger partial charge in [0, 0.05) is 11.1 Å². The minimum Gasteiger partial charge on any atom is -0.289 e. The van der Waals surface area contributed by atoms with Gasteiger partial charge in [-0.15, -0.1) is 0 Å². The van der Waals surface area contributed by atoms with E-state index in [2.05, 4.69) is 11.2 Å². The molecule has 418 valence electrons. The second-order valence-corrected chi connectivity index (χ2v) is 19.5. The van der Waals surface area contributed by atoms with E-state index in [0.717, 1.165) is 5.56 Å². The zero-order valence-corrected chi connectivity index (χ0v) is 39.3. The fourth-order valence-corrected chi connectivity index (χ4v) is 9.19. The first-order chi connectivity index (χ1) is 35.4. The van der Waals surface area contributed by atoms with Crippen molar-refractivity contribution in [1.82, 2.24) is 0 Å². The standard InChI is InChI=1S/C32H12BF24.C18H17O2S/c34-25(35,36)13-1-14(26(37,38)39)6-21(5-13)33(22-7-15(27(40,41)42)2-16(8-22)28(43,44)45,23-9-17(29(46,47)48)3-18(10-23)30(49,50)51)24-11-19(31(52,53)54)4-20(12-24)32(55,56)57;1-2-21(20,14-13-16-9-5-3-6-10-16)15-18(19)17-11-7-4-8-12-17/h1-12H;3-12H,2,15H2,1H3/q-1;+1. The first-order valence-corrected chi connectivity index (χ1v) is 23.3. The van der Waals surface area contributed by atoms with Crippen molar-refractivity contribution >= 4 is 43.7 Å². The summed E-state index contributed by atoms with van der Waals surface area (Å²) >= 11 is 0. The number of halogens is 24. The molecule has 2 nitrogen and oxygen atoms in total. The van der Waals surface area contributed by atoms with E-state index in [1.807, 2.05) is 36.4 Å². The van der Waals surface area contributed by atoms with Crippen LogP contribution in [0.15, 0.2) is 133 Å². The van der Waals surface area contributed by atoms with Crippen LogP contribution in [0.25, 0.3) is 0 Å². The quantitative estimate of drug-likeness (QED) is 0.0500. The van der Waals surface area contributed by atoms with Crippen LogP contribution in [0.1, 0.15) is 67.4 Å². The molecular weight excluding hydrogens is 1130 g/mol. The molecule has 1 atom stereocenters. The molecule has 0 saturated carbocycles. The van der Waals surface area contributed by atoms with Crippen LogP contribution in [-0.2, 0) is 63.6 Å². The fraction of sp³-hybridized carbons (Fsp3) is 0.220. The van der Waals surface area contributed by atoms with E-state index in [0.29, 0.717) is 11.3 Å². The van der Waals surface area contributed by atoms with Gasteiger partial charge in [-0.1, -0.05) is 101 Å². The molecule has 0 aliphatic carbocycles. The van der Waals surface area contributed by atoms with Crippen molar-refractivity contribution in [3.8, 4) is 11.2 Å². The molecule has 0 heterocycles. The van der Waals surface area contributed by atoms with Gasteiger partial charge in [-0.3, -0.25) is 4.79 Å². The van der Waals surface area contributed by atoms with E-state index in [-0.39, 0.29) is 11.5 Å². The third-order valence-electron chi connectivity index (χ3n) is 11.5. The molecule has 6 aromatic rings. The van der Waals surface area contributed by atoms with Gasteiger partial charge in [0.1, 0.15) is 11.9 Å². The number of hydrogen-bond acceptors (Lipinski definition) is 2. The third-order valence-corrected chi connectivity index (χ3v) is 13.7. The Kier molecular flexibility index (Phi) is 17.2. The Balaban J connectivity index is 0.000000443. The third kappa shape index (κ3) is 14.8. The highest BCUT2D eigenvalue weighted by atomic mass is 32.2. The van der Waals surface area contributed by atoms with Gasteiger partial charge >= 0.3 is 49.4 Å². The number of alkyl halides is 24. The number of Topliss-reactive ketones (excluding diaryl/α,β-unsaturated/α-hetero) is 1. The van der Waals surface area contributed by atoms with E-state index >= 15 is 0 Å². The van der Waals surface area contributed by atoms with Crippen molar-refractivity contribution in [2.75, 3.05) is 11.5 Å². The smallest absolute Gasteiger partial charge is 0.289 e. The number of benzene rings is 6. The maximum Gasteiger partial charge on any atom is 0.416 e. The fourth-order valence-electron chi connectivity index (χ4n) is 7.87. The lowest BCUT2D eigenvalue weighted by atomic mass is 9.12. The largest absolute Gasteiger partial charge is 0.416 e. The Morgan fingerprint density at radius 2 is 0.615 bits per heavy atom. The monoisotopic (exact) mass is 1160 g/mol. The summed E-state index contributed by atoms with van der Waals surface area (Å²) in [7, 11) is -2.48. The second-order valence-electron chi connectivity index (χ2n) is 16.9. The van der Waals surface area contributed by atoms with Crippen molar-refractivity contribution in [3.05, 3.63) is 189 Å². The van der Waals surface area contributed by atoms with Crippen LogP contribution < -0.4 is 21.9 Å². The molecule has 0 bridgehead atoms. The van der Waals surface area contributed by atoms with E-state index in [1.54, 1.807) is 31.2 Å². The van der Waals surface area contributed by atoms with Crippen LogP contribution in [0.5, 0.6) is 0 Å². The van der Waals surface area contributed by atoms with Gasteiger partial charge in [0.25, 0.3) is 0 Å². The minimum absolute atomic E-state index is 0.0205. The number of ketones is 1. The van der Waals surface area contributed by atoms with Gasteiger partial charge < -0.3 is 0 Å². The number of carbonyl (C=O) groups is 1. The van der Waals surface area contributed by atoms with Gasteiger partial charge in [0.05, 0.1) is 44.5 Å². The molecule has 0 radical (unpaired) electrons. The Labute approximate surface area is 425 Å². The molecule has 1 unspecified atom stereocenters. The molecule has 0 aliphatic heterocycles. The summed E-state index contributed by atoms with van der Waals surface area (Å²) in [6.45, 7) is 1.81. The maximum absolute atomic E-state index is 14.2. The zero-order chi connectivity index (χ0) is 59.0. The van der Waals surface area contributed by atoms with Gasteiger partial charge in [0.2, 0.25) is 5.78 Å². The van der Waals surface area contributed by atoms with Crippen LogP contribution in [0.3, 0.4) is 0 Å². The molecule has 0 amide bonds. The predicted octanol–water partition coefficient (Wildman–Crippen LogP) is 14.6. The van der Waals surface area contributed by atoms with Crippen molar-refractivity contribution < 1.29 is 114 Å². The lowest BCUT2D eigenvalue weighted by Gasteiger charge is -2.46. The normalized spacial score (nSPS) is 13.9. The average molecular weight is 1160 g/mol. The van der Waals surface area contributed by atoms with Crippen LogP contribution in [-0.4, -0.2) is 23.4 Å². The summed E-state index contributed by atoms with van der Waals surface area (Å²) in [4.78, 5) is 12.2. The van der Waals surface area contributed by atoms with Gasteiger partial charge in [-0.05, 0) is 49.2 Å². The number of rotatable bonds is 8. The average Bonchev–Trinajstić information content (AvgIpc) is 3.32. The molecule has 6 aromatic carbocycles. The molecule has 6 rings (SSSR count). The van der Waals surface area contributed by atoms with Crippen LogP contribution >= 0.6 is 0 Å². The lowest BCUT2D eigenvalue weighted by Crippen LogP contribution is -2.75. The van der Waals surface area contributed by atoms with E-state index < -0.39 is 205 Å². The second kappa shape index (κ2) is 21.7. The minimum atomic E-state index is -6.13. The molecule has 0 aromatic heterocycles. The van der Waals surface area contributed by atoms with Crippen molar-refractivity contribution in [2.45, 2.75) is 56.3 Å². The van der Waals surface area contributed by atoms with Crippen molar-refractivity contribution in [2.24, 2.45) is 0 Å². The van der Waals surface area contributed by atoms with Gasteiger partial charge in [0.15, 0.2) is 20.9 Å². The number of hydrogen-bond donors (Lipinski definition) is 0. The topological polar surface area (TPSA) is 34.1 Å².